The highest BCUT2D eigenvalue weighted by atomic mass is 16.5. The molecule has 1 N–H and O–H groups in total. The lowest BCUT2D eigenvalue weighted by molar-refractivity contribution is -0.123. The van der Waals surface area contributed by atoms with Gasteiger partial charge < -0.3 is 14.8 Å². The summed E-state index contributed by atoms with van der Waals surface area (Å²) < 4.78 is 11.0. The number of amides is 1. The van der Waals surface area contributed by atoms with Crippen LogP contribution in [0, 0.1) is 6.92 Å². The summed E-state index contributed by atoms with van der Waals surface area (Å²) in [5.41, 5.74) is 3.08. The zero-order valence-electron chi connectivity index (χ0n) is 17.3. The van der Waals surface area contributed by atoms with E-state index in [1.54, 1.807) is 42.5 Å². The molecule has 1 atom stereocenters. The summed E-state index contributed by atoms with van der Waals surface area (Å²) >= 11 is 0. The summed E-state index contributed by atoms with van der Waals surface area (Å²) in [5, 5.41) is 2.94. The Morgan fingerprint density at radius 1 is 0.967 bits per heavy atom. The summed E-state index contributed by atoms with van der Waals surface area (Å²) in [4.78, 5) is 25.4. The fraction of sp³-hybridized carbons (Fsp3) is 0.200. The number of aryl methyl sites for hydroxylation is 1. The summed E-state index contributed by atoms with van der Waals surface area (Å²) in [5.74, 6) is 0.402. The van der Waals surface area contributed by atoms with E-state index in [0.717, 1.165) is 11.1 Å². The van der Waals surface area contributed by atoms with Crippen molar-refractivity contribution in [2.24, 2.45) is 0 Å². The first-order chi connectivity index (χ1) is 14.5. The third kappa shape index (κ3) is 5.06. The molecule has 0 aliphatic rings. The Kier molecular flexibility index (Phi) is 6.86. The molecule has 1 unspecified atom stereocenters. The Balaban J connectivity index is 1.73. The molecule has 3 aromatic rings. The number of carbonyl (C=O) groups is 2. The van der Waals surface area contributed by atoms with Gasteiger partial charge in [-0.25, -0.2) is 0 Å². The van der Waals surface area contributed by atoms with Gasteiger partial charge in [0.25, 0.3) is 5.91 Å². The highest BCUT2D eigenvalue weighted by molar-refractivity contribution is 6.10. The van der Waals surface area contributed by atoms with Crippen LogP contribution in [-0.2, 0) is 4.79 Å². The number of hydrogen-bond donors (Lipinski definition) is 1. The van der Waals surface area contributed by atoms with Crippen LogP contribution in [0.3, 0.4) is 0 Å². The Morgan fingerprint density at radius 2 is 1.67 bits per heavy atom. The van der Waals surface area contributed by atoms with Crippen LogP contribution in [0.25, 0.3) is 0 Å². The molecule has 3 aromatic carbocycles. The highest BCUT2D eigenvalue weighted by Gasteiger charge is 2.18. The summed E-state index contributed by atoms with van der Waals surface area (Å²) in [6.45, 7) is 3.72. The first kappa shape index (κ1) is 21.1. The number of ketones is 1. The molecule has 0 saturated heterocycles. The van der Waals surface area contributed by atoms with Gasteiger partial charge in [0.1, 0.15) is 11.5 Å². The molecule has 0 aromatic heterocycles. The first-order valence-corrected chi connectivity index (χ1v) is 9.75. The minimum absolute atomic E-state index is 0.155. The predicted molar refractivity (Wildman–Crippen MR) is 116 cm³/mol. The van der Waals surface area contributed by atoms with Crippen LogP contribution in [0.15, 0.2) is 72.8 Å². The second-order valence-electron chi connectivity index (χ2n) is 6.99. The lowest BCUT2D eigenvalue weighted by Crippen LogP contribution is -2.31. The SMILES string of the molecule is COc1ccc(C(=O)c2ccccc2)c(OCC(=O)NC(C)c2ccccc2C)c1. The second-order valence-corrected chi connectivity index (χ2v) is 6.99. The van der Waals surface area contributed by atoms with Crippen molar-refractivity contribution in [3.63, 3.8) is 0 Å². The monoisotopic (exact) mass is 403 g/mol. The molecule has 0 heterocycles. The van der Waals surface area contributed by atoms with Crippen molar-refractivity contribution in [2.45, 2.75) is 19.9 Å². The lowest BCUT2D eigenvalue weighted by atomic mass is 10.0. The molecule has 0 fully saturated rings. The summed E-state index contributed by atoms with van der Waals surface area (Å²) in [7, 11) is 1.54. The molecule has 0 aliphatic carbocycles. The average Bonchev–Trinajstić information content (AvgIpc) is 2.77. The van der Waals surface area contributed by atoms with E-state index in [2.05, 4.69) is 5.32 Å². The van der Waals surface area contributed by atoms with E-state index in [4.69, 9.17) is 9.47 Å². The van der Waals surface area contributed by atoms with Crippen LogP contribution in [0.2, 0.25) is 0 Å². The molecule has 0 aliphatic heterocycles. The lowest BCUT2D eigenvalue weighted by Gasteiger charge is -2.17. The van der Waals surface area contributed by atoms with Crippen LogP contribution in [0.1, 0.15) is 40.0 Å². The largest absolute Gasteiger partial charge is 0.497 e. The van der Waals surface area contributed by atoms with Crippen LogP contribution < -0.4 is 14.8 Å². The minimum atomic E-state index is -0.272. The zero-order valence-corrected chi connectivity index (χ0v) is 17.3. The van der Waals surface area contributed by atoms with Crippen molar-refractivity contribution in [3.05, 3.63) is 95.1 Å². The molecular formula is C25H25NO4. The molecule has 0 spiro atoms. The maximum atomic E-state index is 12.9. The molecule has 5 heteroatoms. The average molecular weight is 403 g/mol. The standard InChI is InChI=1S/C25H25NO4/c1-17-9-7-8-12-21(17)18(2)26-24(27)16-30-23-15-20(29-3)13-14-22(23)25(28)19-10-5-4-6-11-19/h4-15,18H,16H2,1-3H3,(H,26,27). The van der Waals surface area contributed by atoms with Gasteiger partial charge in [-0.3, -0.25) is 9.59 Å². The number of ether oxygens (including phenoxy) is 2. The molecular weight excluding hydrogens is 378 g/mol. The van der Waals surface area contributed by atoms with E-state index in [0.29, 0.717) is 22.6 Å². The minimum Gasteiger partial charge on any atom is -0.497 e. The smallest absolute Gasteiger partial charge is 0.258 e. The molecule has 5 nitrogen and oxygen atoms in total. The molecule has 0 saturated carbocycles. The van der Waals surface area contributed by atoms with Crippen molar-refractivity contribution in [2.75, 3.05) is 13.7 Å². The van der Waals surface area contributed by atoms with Gasteiger partial charge in [0.05, 0.1) is 18.7 Å². The molecule has 3 rings (SSSR count). The van der Waals surface area contributed by atoms with Crippen molar-refractivity contribution in [1.82, 2.24) is 5.32 Å². The normalized spacial score (nSPS) is 11.4. The van der Waals surface area contributed by atoms with Crippen LogP contribution >= 0.6 is 0 Å². The Labute approximate surface area is 176 Å². The van der Waals surface area contributed by atoms with Gasteiger partial charge in [-0.15, -0.1) is 0 Å². The van der Waals surface area contributed by atoms with Crippen LogP contribution in [0.4, 0.5) is 0 Å². The van der Waals surface area contributed by atoms with Gasteiger partial charge in [-0.2, -0.15) is 0 Å². The summed E-state index contributed by atoms with van der Waals surface area (Å²) in [6.07, 6.45) is 0. The van der Waals surface area contributed by atoms with Crippen molar-refractivity contribution in [1.29, 1.82) is 0 Å². The molecule has 30 heavy (non-hydrogen) atoms. The summed E-state index contributed by atoms with van der Waals surface area (Å²) in [6, 6.07) is 21.7. The molecule has 0 radical (unpaired) electrons. The van der Waals surface area contributed by atoms with Crippen LogP contribution in [0.5, 0.6) is 11.5 Å². The van der Waals surface area contributed by atoms with Gasteiger partial charge >= 0.3 is 0 Å². The maximum absolute atomic E-state index is 12.9. The van der Waals surface area contributed by atoms with E-state index in [1.807, 2.05) is 44.2 Å². The Morgan fingerprint density at radius 3 is 2.37 bits per heavy atom. The van der Waals surface area contributed by atoms with E-state index in [9.17, 15) is 9.59 Å². The van der Waals surface area contributed by atoms with Crippen molar-refractivity contribution in [3.8, 4) is 11.5 Å². The zero-order chi connectivity index (χ0) is 21.5. The Bertz CT molecular complexity index is 1030. The van der Waals surface area contributed by atoms with Gasteiger partial charge in [0.2, 0.25) is 0 Å². The number of nitrogens with one attached hydrogen (secondary N) is 1. The third-order valence-corrected chi connectivity index (χ3v) is 4.86. The van der Waals surface area contributed by atoms with E-state index in [-0.39, 0.29) is 24.3 Å². The number of carbonyl (C=O) groups excluding carboxylic acids is 2. The fourth-order valence-electron chi connectivity index (χ4n) is 3.26. The van der Waals surface area contributed by atoms with E-state index < -0.39 is 0 Å². The van der Waals surface area contributed by atoms with Gasteiger partial charge in [-0.1, -0.05) is 54.6 Å². The fourth-order valence-corrected chi connectivity index (χ4v) is 3.26. The van der Waals surface area contributed by atoms with E-state index >= 15 is 0 Å². The van der Waals surface area contributed by atoms with Crippen molar-refractivity contribution < 1.29 is 19.1 Å². The quantitative estimate of drug-likeness (QED) is 0.563. The van der Waals surface area contributed by atoms with Crippen molar-refractivity contribution >= 4 is 11.7 Å². The predicted octanol–water partition coefficient (Wildman–Crippen LogP) is 4.49. The third-order valence-electron chi connectivity index (χ3n) is 4.86. The van der Waals surface area contributed by atoms with Gasteiger partial charge in [-0.05, 0) is 37.1 Å². The topological polar surface area (TPSA) is 64.6 Å². The Hall–Kier alpha value is -3.60. The maximum Gasteiger partial charge on any atom is 0.258 e. The second kappa shape index (κ2) is 9.74. The van der Waals surface area contributed by atoms with Gasteiger partial charge in [0.15, 0.2) is 12.4 Å². The highest BCUT2D eigenvalue weighted by Crippen LogP contribution is 2.27. The molecule has 0 bridgehead atoms. The number of hydrogen-bond acceptors (Lipinski definition) is 4. The van der Waals surface area contributed by atoms with Crippen LogP contribution in [-0.4, -0.2) is 25.4 Å². The number of benzene rings is 3. The van der Waals surface area contributed by atoms with E-state index in [1.165, 1.54) is 7.11 Å². The number of rotatable bonds is 8. The van der Waals surface area contributed by atoms with Gasteiger partial charge in [0, 0.05) is 11.6 Å². The number of methoxy groups -OCH3 is 1. The molecule has 1 amide bonds. The molecule has 154 valence electrons. The first-order valence-electron chi connectivity index (χ1n) is 9.75.